The molecule has 4 rings (SSSR count). The Balaban J connectivity index is 1.74. The molecule has 0 atom stereocenters. The topological polar surface area (TPSA) is 72.1 Å². The summed E-state index contributed by atoms with van der Waals surface area (Å²) in [6, 6.07) is 16.1. The molecular formula is C23H17ClN2O3. The molecule has 2 aromatic heterocycles. The molecular weight excluding hydrogens is 388 g/mol. The monoisotopic (exact) mass is 404 g/mol. The van der Waals surface area contributed by atoms with Gasteiger partial charge in [-0.3, -0.25) is 14.6 Å². The molecule has 0 saturated carbocycles. The number of hydrogen-bond donors (Lipinski definition) is 1. The quantitative estimate of drug-likeness (QED) is 0.355. The van der Waals surface area contributed by atoms with E-state index >= 15 is 0 Å². The first kappa shape index (κ1) is 18.9. The van der Waals surface area contributed by atoms with Crippen molar-refractivity contribution >= 4 is 34.3 Å². The highest BCUT2D eigenvalue weighted by molar-refractivity contribution is 6.31. The standard InChI is InChI=1S/C23H17ClN2O3/c1-2-20(27)29-23-18-10-9-17(24)12-19(18)26-21(23)22(28)15-7-5-14(6-8-15)16-4-3-11-25-13-16/h3-13,26H,2H2,1H3. The van der Waals surface area contributed by atoms with Crippen molar-refractivity contribution in [3.05, 3.63) is 83.3 Å². The lowest BCUT2D eigenvalue weighted by Crippen LogP contribution is -2.10. The first-order valence-corrected chi connectivity index (χ1v) is 9.51. The molecule has 0 amide bonds. The first-order chi connectivity index (χ1) is 14.1. The molecule has 29 heavy (non-hydrogen) atoms. The molecule has 0 fully saturated rings. The third kappa shape index (κ3) is 3.77. The molecule has 6 heteroatoms. The second-order valence-corrected chi connectivity index (χ2v) is 6.93. The van der Waals surface area contributed by atoms with Gasteiger partial charge in [-0.05, 0) is 35.4 Å². The maximum Gasteiger partial charge on any atom is 0.310 e. The second-order valence-electron chi connectivity index (χ2n) is 6.49. The zero-order chi connectivity index (χ0) is 20.4. The van der Waals surface area contributed by atoms with Gasteiger partial charge < -0.3 is 9.72 Å². The number of pyridine rings is 1. The van der Waals surface area contributed by atoms with Crippen LogP contribution in [0.4, 0.5) is 0 Å². The van der Waals surface area contributed by atoms with Gasteiger partial charge in [0.2, 0.25) is 5.78 Å². The minimum absolute atomic E-state index is 0.202. The molecule has 0 aliphatic heterocycles. The van der Waals surface area contributed by atoms with E-state index in [9.17, 15) is 9.59 Å². The smallest absolute Gasteiger partial charge is 0.310 e. The Bertz CT molecular complexity index is 1200. The van der Waals surface area contributed by atoms with Crippen molar-refractivity contribution in [1.82, 2.24) is 9.97 Å². The molecule has 4 aromatic rings. The number of ether oxygens (including phenoxy) is 1. The Labute approximate surface area is 172 Å². The van der Waals surface area contributed by atoms with E-state index in [1.54, 1.807) is 49.6 Å². The summed E-state index contributed by atoms with van der Waals surface area (Å²) in [5.41, 5.74) is 3.24. The maximum absolute atomic E-state index is 13.2. The summed E-state index contributed by atoms with van der Waals surface area (Å²) < 4.78 is 5.48. The van der Waals surface area contributed by atoms with Crippen molar-refractivity contribution in [3.8, 4) is 16.9 Å². The molecule has 0 aliphatic carbocycles. The van der Waals surface area contributed by atoms with Crippen molar-refractivity contribution in [1.29, 1.82) is 0 Å². The van der Waals surface area contributed by atoms with Crippen LogP contribution in [0.15, 0.2) is 67.0 Å². The molecule has 0 aliphatic rings. The van der Waals surface area contributed by atoms with Gasteiger partial charge in [-0.25, -0.2) is 0 Å². The molecule has 0 bridgehead atoms. The fourth-order valence-corrected chi connectivity index (χ4v) is 3.26. The fraction of sp³-hybridized carbons (Fsp3) is 0.0870. The second kappa shape index (κ2) is 7.89. The Kier molecular flexibility index (Phi) is 5.14. The van der Waals surface area contributed by atoms with Crippen molar-refractivity contribution in [3.63, 3.8) is 0 Å². The molecule has 0 unspecified atom stereocenters. The molecule has 0 radical (unpaired) electrons. The molecule has 5 nitrogen and oxygen atoms in total. The number of aromatic amines is 1. The number of hydrogen-bond acceptors (Lipinski definition) is 4. The first-order valence-electron chi connectivity index (χ1n) is 9.14. The molecule has 1 N–H and O–H groups in total. The Morgan fingerprint density at radius 2 is 1.86 bits per heavy atom. The number of ketones is 1. The number of aromatic nitrogens is 2. The van der Waals surface area contributed by atoms with E-state index in [1.165, 1.54) is 0 Å². The van der Waals surface area contributed by atoms with Gasteiger partial charge in [-0.15, -0.1) is 0 Å². The normalized spacial score (nSPS) is 10.8. The lowest BCUT2D eigenvalue weighted by Gasteiger charge is -2.06. The average Bonchev–Trinajstić information content (AvgIpc) is 3.11. The van der Waals surface area contributed by atoms with Crippen LogP contribution in [-0.2, 0) is 4.79 Å². The number of halogens is 1. The number of nitrogens with zero attached hydrogens (tertiary/aromatic N) is 1. The average molecular weight is 405 g/mol. The predicted molar refractivity (Wildman–Crippen MR) is 112 cm³/mol. The van der Waals surface area contributed by atoms with Gasteiger partial charge in [-0.2, -0.15) is 0 Å². The molecule has 2 aromatic carbocycles. The third-order valence-electron chi connectivity index (χ3n) is 4.59. The number of fused-ring (bicyclic) bond motifs is 1. The van der Waals surface area contributed by atoms with Crippen LogP contribution >= 0.6 is 11.6 Å². The summed E-state index contributed by atoms with van der Waals surface area (Å²) >= 11 is 6.07. The van der Waals surface area contributed by atoms with Crippen molar-refractivity contribution < 1.29 is 14.3 Å². The Morgan fingerprint density at radius 3 is 2.55 bits per heavy atom. The molecule has 2 heterocycles. The van der Waals surface area contributed by atoms with Gasteiger partial charge in [0, 0.05) is 34.8 Å². The van der Waals surface area contributed by atoms with Gasteiger partial charge >= 0.3 is 5.97 Å². The predicted octanol–water partition coefficient (Wildman–Crippen LogP) is 5.43. The van der Waals surface area contributed by atoms with E-state index in [0.717, 1.165) is 11.1 Å². The van der Waals surface area contributed by atoms with Gasteiger partial charge in [0.25, 0.3) is 0 Å². The summed E-state index contributed by atoms with van der Waals surface area (Å²) in [5.74, 6) is -0.458. The van der Waals surface area contributed by atoms with Crippen LogP contribution in [0.25, 0.3) is 22.0 Å². The van der Waals surface area contributed by atoms with E-state index in [4.69, 9.17) is 16.3 Å². The summed E-state index contributed by atoms with van der Waals surface area (Å²) in [7, 11) is 0. The van der Waals surface area contributed by atoms with Gasteiger partial charge in [0.1, 0.15) is 5.69 Å². The molecule has 144 valence electrons. The number of rotatable bonds is 5. The van der Waals surface area contributed by atoms with Crippen LogP contribution in [0.5, 0.6) is 5.75 Å². The van der Waals surface area contributed by atoms with E-state index < -0.39 is 5.97 Å². The van der Waals surface area contributed by atoms with Gasteiger partial charge in [-0.1, -0.05) is 48.9 Å². The highest BCUT2D eigenvalue weighted by Gasteiger charge is 2.22. The summed E-state index contributed by atoms with van der Waals surface area (Å²) in [4.78, 5) is 32.3. The zero-order valence-corrected chi connectivity index (χ0v) is 16.4. The SMILES string of the molecule is CCC(=O)Oc1c(C(=O)c2ccc(-c3cccnc3)cc2)[nH]c2cc(Cl)ccc12. The Morgan fingerprint density at radius 1 is 1.07 bits per heavy atom. The van der Waals surface area contributed by atoms with Gasteiger partial charge in [0.05, 0.1) is 5.52 Å². The Hall–Kier alpha value is -3.44. The number of esters is 1. The number of carbonyl (C=O) groups excluding carboxylic acids is 2. The van der Waals surface area contributed by atoms with Crippen molar-refractivity contribution in [2.24, 2.45) is 0 Å². The van der Waals surface area contributed by atoms with Crippen LogP contribution < -0.4 is 4.74 Å². The van der Waals surface area contributed by atoms with Crippen LogP contribution in [0, 0.1) is 0 Å². The van der Waals surface area contributed by atoms with Crippen molar-refractivity contribution in [2.75, 3.05) is 0 Å². The molecule has 0 saturated heterocycles. The fourth-order valence-electron chi connectivity index (χ4n) is 3.09. The van der Waals surface area contributed by atoms with Crippen LogP contribution in [0.1, 0.15) is 29.4 Å². The van der Waals surface area contributed by atoms with Crippen LogP contribution in [0.2, 0.25) is 5.02 Å². The van der Waals surface area contributed by atoms with E-state index in [2.05, 4.69) is 9.97 Å². The largest absolute Gasteiger partial charge is 0.423 e. The summed E-state index contributed by atoms with van der Waals surface area (Å²) in [6.45, 7) is 1.70. The zero-order valence-electron chi connectivity index (χ0n) is 15.6. The minimum Gasteiger partial charge on any atom is -0.423 e. The van der Waals surface area contributed by atoms with E-state index in [1.807, 2.05) is 24.3 Å². The van der Waals surface area contributed by atoms with E-state index in [0.29, 0.717) is 21.5 Å². The summed E-state index contributed by atoms with van der Waals surface area (Å²) in [6.07, 6.45) is 3.68. The van der Waals surface area contributed by atoms with Crippen LogP contribution in [0.3, 0.4) is 0 Å². The highest BCUT2D eigenvalue weighted by Crippen LogP contribution is 2.34. The third-order valence-corrected chi connectivity index (χ3v) is 4.82. The highest BCUT2D eigenvalue weighted by atomic mass is 35.5. The maximum atomic E-state index is 13.2. The number of carbonyl (C=O) groups is 2. The van der Waals surface area contributed by atoms with Crippen LogP contribution in [-0.4, -0.2) is 21.7 Å². The van der Waals surface area contributed by atoms with E-state index in [-0.39, 0.29) is 23.6 Å². The number of nitrogens with one attached hydrogen (secondary N) is 1. The number of benzene rings is 2. The number of H-pyrrole nitrogens is 1. The lowest BCUT2D eigenvalue weighted by molar-refractivity contribution is -0.133. The van der Waals surface area contributed by atoms with Crippen molar-refractivity contribution in [2.45, 2.75) is 13.3 Å². The van der Waals surface area contributed by atoms with Gasteiger partial charge in [0.15, 0.2) is 5.75 Å². The lowest BCUT2D eigenvalue weighted by atomic mass is 10.0. The molecule has 0 spiro atoms. The minimum atomic E-state index is -0.415. The summed E-state index contributed by atoms with van der Waals surface area (Å²) in [5, 5.41) is 1.15.